The number of rotatable bonds is 4. The van der Waals surface area contributed by atoms with Gasteiger partial charge in [0, 0.05) is 42.4 Å². The number of anilines is 1. The number of urea groups is 1. The van der Waals surface area contributed by atoms with E-state index in [1.807, 2.05) is 59.5 Å². The van der Waals surface area contributed by atoms with Crippen LogP contribution in [0.1, 0.15) is 35.4 Å². The molecule has 2 heterocycles. The molecule has 2 N–H and O–H groups in total. The highest BCUT2D eigenvalue weighted by Crippen LogP contribution is 2.45. The molecule has 0 spiro atoms. The van der Waals surface area contributed by atoms with E-state index in [2.05, 4.69) is 46.3 Å². The average Bonchev–Trinajstić information content (AvgIpc) is 2.93. The molecule has 0 unspecified atom stereocenters. The van der Waals surface area contributed by atoms with Crippen molar-refractivity contribution in [1.29, 1.82) is 0 Å². The van der Waals surface area contributed by atoms with Gasteiger partial charge in [0.15, 0.2) is 0 Å². The number of aliphatic hydroxyl groups is 1. The molecule has 37 heavy (non-hydrogen) atoms. The molecule has 6 nitrogen and oxygen atoms in total. The Morgan fingerprint density at radius 3 is 2.32 bits per heavy atom. The van der Waals surface area contributed by atoms with E-state index in [-0.39, 0.29) is 18.6 Å². The number of carbonyl (C=O) groups is 1. The van der Waals surface area contributed by atoms with Crippen LogP contribution in [0.5, 0.6) is 5.75 Å². The highest BCUT2D eigenvalue weighted by atomic mass is 16.5. The molecular weight excluding hydrogens is 462 g/mol. The fraction of sp³-hybridized carbons (Fsp3) is 0.323. The zero-order valence-electron chi connectivity index (χ0n) is 21.2. The summed E-state index contributed by atoms with van der Waals surface area (Å²) in [7, 11) is 1.62. The number of nitrogens with zero attached hydrogens (tertiary/aromatic N) is 2. The van der Waals surface area contributed by atoms with Crippen LogP contribution in [0.4, 0.5) is 10.5 Å². The van der Waals surface area contributed by atoms with Gasteiger partial charge in [-0.25, -0.2) is 4.79 Å². The topological polar surface area (TPSA) is 65.0 Å². The predicted molar refractivity (Wildman–Crippen MR) is 146 cm³/mol. The SMILES string of the molecule is COc1ccc(NC(=O)N2CCCCN3C[C@H](c4ccc(C#Cc5ccccc5)cc4)[C@]3(CO)C2)cc1. The lowest BCUT2D eigenvalue weighted by molar-refractivity contribution is -0.0950. The molecule has 0 saturated carbocycles. The van der Waals surface area contributed by atoms with E-state index < -0.39 is 5.54 Å². The summed E-state index contributed by atoms with van der Waals surface area (Å²) >= 11 is 0. The van der Waals surface area contributed by atoms with E-state index in [0.717, 1.165) is 48.5 Å². The number of methoxy groups -OCH3 is 1. The van der Waals surface area contributed by atoms with Crippen LogP contribution in [0.2, 0.25) is 0 Å². The Morgan fingerprint density at radius 2 is 1.65 bits per heavy atom. The van der Waals surface area contributed by atoms with Gasteiger partial charge in [0.05, 0.1) is 19.3 Å². The number of aliphatic hydroxyl groups excluding tert-OH is 1. The molecular formula is C31H33N3O3. The summed E-state index contributed by atoms with van der Waals surface area (Å²) in [5.74, 6) is 7.33. The molecule has 0 bridgehead atoms. The molecule has 2 aliphatic heterocycles. The summed E-state index contributed by atoms with van der Waals surface area (Å²) in [6.07, 6.45) is 1.93. The first-order chi connectivity index (χ1) is 18.1. The molecule has 2 aliphatic rings. The van der Waals surface area contributed by atoms with Gasteiger partial charge in [-0.2, -0.15) is 0 Å². The number of hydrogen-bond donors (Lipinski definition) is 2. The van der Waals surface area contributed by atoms with Crippen molar-refractivity contribution in [1.82, 2.24) is 9.80 Å². The number of benzene rings is 3. The number of ether oxygens (including phenoxy) is 1. The van der Waals surface area contributed by atoms with Gasteiger partial charge in [-0.3, -0.25) is 4.90 Å². The monoisotopic (exact) mass is 495 g/mol. The number of carbonyl (C=O) groups excluding carboxylic acids is 1. The van der Waals surface area contributed by atoms with Crippen LogP contribution in [-0.2, 0) is 0 Å². The summed E-state index contributed by atoms with van der Waals surface area (Å²) < 4.78 is 5.21. The van der Waals surface area contributed by atoms with Gasteiger partial charge >= 0.3 is 6.03 Å². The number of fused-ring (bicyclic) bond motifs is 1. The van der Waals surface area contributed by atoms with Crippen LogP contribution in [-0.4, -0.2) is 66.4 Å². The fourth-order valence-electron chi connectivity index (χ4n) is 5.41. The molecule has 2 saturated heterocycles. The van der Waals surface area contributed by atoms with Gasteiger partial charge in [-0.15, -0.1) is 0 Å². The maximum Gasteiger partial charge on any atom is 0.321 e. The maximum absolute atomic E-state index is 13.3. The average molecular weight is 496 g/mol. The van der Waals surface area contributed by atoms with Crippen molar-refractivity contribution in [3.8, 4) is 17.6 Å². The summed E-state index contributed by atoms with van der Waals surface area (Å²) in [6, 6.07) is 25.5. The molecule has 2 fully saturated rings. The second-order valence-electron chi connectivity index (χ2n) is 9.79. The quantitative estimate of drug-likeness (QED) is 0.521. The lowest BCUT2D eigenvalue weighted by atomic mass is 9.69. The van der Waals surface area contributed by atoms with E-state index in [1.54, 1.807) is 7.11 Å². The standard InChI is InChI=1S/C31H33N3O3/c1-37-28-17-15-27(16-18-28)32-30(36)33-19-5-6-20-34-21-29(31(34,22-33)23-35)26-13-11-25(12-14-26)10-9-24-7-3-2-4-8-24/h2-4,7-8,11-18,29,35H,5-6,19-23H2,1H3,(H,32,36)/t29-,31-/m1/s1. The zero-order valence-corrected chi connectivity index (χ0v) is 21.2. The number of hydrogen-bond acceptors (Lipinski definition) is 4. The third-order valence-corrected chi connectivity index (χ3v) is 7.59. The highest BCUT2D eigenvalue weighted by Gasteiger charge is 2.54. The van der Waals surface area contributed by atoms with Crippen LogP contribution in [0.15, 0.2) is 78.9 Å². The molecule has 2 amide bonds. The largest absolute Gasteiger partial charge is 0.497 e. The maximum atomic E-state index is 13.3. The lowest BCUT2D eigenvalue weighted by Gasteiger charge is -2.60. The van der Waals surface area contributed by atoms with E-state index in [9.17, 15) is 9.90 Å². The van der Waals surface area contributed by atoms with Gasteiger partial charge in [-0.05, 0) is 73.5 Å². The predicted octanol–water partition coefficient (Wildman–Crippen LogP) is 4.55. The summed E-state index contributed by atoms with van der Waals surface area (Å²) in [5, 5.41) is 13.7. The molecule has 6 heteroatoms. The van der Waals surface area contributed by atoms with Crippen LogP contribution in [0.25, 0.3) is 0 Å². The number of amides is 2. The molecule has 0 radical (unpaired) electrons. The van der Waals surface area contributed by atoms with Crippen molar-refractivity contribution in [3.63, 3.8) is 0 Å². The van der Waals surface area contributed by atoms with E-state index in [1.165, 1.54) is 5.56 Å². The lowest BCUT2D eigenvalue weighted by Crippen LogP contribution is -2.73. The first-order valence-corrected chi connectivity index (χ1v) is 12.8. The smallest absolute Gasteiger partial charge is 0.321 e. The van der Waals surface area contributed by atoms with Crippen molar-refractivity contribution in [2.75, 3.05) is 45.2 Å². The second kappa shape index (κ2) is 11.1. The third-order valence-electron chi connectivity index (χ3n) is 7.59. The first-order valence-electron chi connectivity index (χ1n) is 12.8. The summed E-state index contributed by atoms with van der Waals surface area (Å²) in [6.45, 7) is 2.96. The van der Waals surface area contributed by atoms with Crippen LogP contribution < -0.4 is 10.1 Å². The summed E-state index contributed by atoms with van der Waals surface area (Å²) in [5.41, 5.74) is 3.35. The molecule has 3 aromatic rings. The van der Waals surface area contributed by atoms with Crippen molar-refractivity contribution in [2.24, 2.45) is 0 Å². The Morgan fingerprint density at radius 1 is 0.973 bits per heavy atom. The Hall–Kier alpha value is -3.79. The van der Waals surface area contributed by atoms with E-state index in [4.69, 9.17) is 4.74 Å². The molecule has 3 aromatic carbocycles. The summed E-state index contributed by atoms with van der Waals surface area (Å²) in [4.78, 5) is 17.5. The van der Waals surface area contributed by atoms with Gasteiger partial charge in [0.2, 0.25) is 0 Å². The Bertz CT molecular complexity index is 1270. The third kappa shape index (κ3) is 5.34. The minimum absolute atomic E-state index is 0.000450. The second-order valence-corrected chi connectivity index (χ2v) is 9.79. The fourth-order valence-corrected chi connectivity index (χ4v) is 5.41. The zero-order chi connectivity index (χ0) is 25.7. The first kappa shape index (κ1) is 24.9. The van der Waals surface area contributed by atoms with Crippen LogP contribution in [0.3, 0.4) is 0 Å². The van der Waals surface area contributed by atoms with E-state index >= 15 is 0 Å². The van der Waals surface area contributed by atoms with Crippen molar-refractivity contribution in [3.05, 3.63) is 95.6 Å². The van der Waals surface area contributed by atoms with Gasteiger partial charge in [-0.1, -0.05) is 42.2 Å². The van der Waals surface area contributed by atoms with E-state index in [0.29, 0.717) is 13.1 Å². The van der Waals surface area contributed by atoms with Gasteiger partial charge < -0.3 is 20.1 Å². The Balaban J connectivity index is 1.32. The van der Waals surface area contributed by atoms with Crippen molar-refractivity contribution < 1.29 is 14.6 Å². The molecule has 5 rings (SSSR count). The molecule has 190 valence electrons. The highest BCUT2D eigenvalue weighted by molar-refractivity contribution is 5.89. The van der Waals surface area contributed by atoms with Gasteiger partial charge in [0.1, 0.15) is 5.75 Å². The molecule has 0 aromatic heterocycles. The molecule has 2 atom stereocenters. The van der Waals surface area contributed by atoms with Crippen molar-refractivity contribution in [2.45, 2.75) is 24.3 Å². The molecule has 0 aliphatic carbocycles. The Labute approximate surface area is 218 Å². The normalized spacial score (nSPS) is 21.4. The van der Waals surface area contributed by atoms with Gasteiger partial charge in [0.25, 0.3) is 0 Å². The van der Waals surface area contributed by atoms with Crippen LogP contribution >= 0.6 is 0 Å². The van der Waals surface area contributed by atoms with Crippen molar-refractivity contribution >= 4 is 11.7 Å². The minimum Gasteiger partial charge on any atom is -0.497 e. The minimum atomic E-state index is -0.491. The number of nitrogens with one attached hydrogen (secondary N) is 1. The van der Waals surface area contributed by atoms with Crippen LogP contribution in [0, 0.1) is 11.8 Å². The Kier molecular flexibility index (Phi) is 7.45.